The second-order valence-electron chi connectivity index (χ2n) is 1.93. The molecule has 0 atom stereocenters. The van der Waals surface area contributed by atoms with Crippen LogP contribution in [0.15, 0.2) is 12.3 Å². The highest BCUT2D eigenvalue weighted by Gasteiger charge is 2.08. The van der Waals surface area contributed by atoms with Crippen LogP contribution in [0.3, 0.4) is 0 Å². The molecule has 1 aromatic heterocycles. The summed E-state index contributed by atoms with van der Waals surface area (Å²) in [5.41, 5.74) is 4.57. The minimum Gasteiger partial charge on any atom is -0.506 e. The summed E-state index contributed by atoms with van der Waals surface area (Å²) < 4.78 is 0. The summed E-state index contributed by atoms with van der Waals surface area (Å²) >= 11 is 0. The molecule has 0 fully saturated rings. The van der Waals surface area contributed by atoms with Crippen LogP contribution in [0.5, 0.6) is 11.5 Å². The fourth-order valence-corrected chi connectivity index (χ4v) is 0.632. The van der Waals surface area contributed by atoms with Crippen LogP contribution in [0.4, 0.5) is 0 Å². The molecule has 1 amide bonds. The maximum atomic E-state index is 10.5. The quantitative estimate of drug-likeness (QED) is 0.512. The Morgan fingerprint density at radius 1 is 1.55 bits per heavy atom. The van der Waals surface area contributed by atoms with E-state index in [4.69, 9.17) is 15.9 Å². The van der Waals surface area contributed by atoms with Gasteiger partial charge in [0.1, 0.15) is 5.75 Å². The zero-order chi connectivity index (χ0) is 8.43. The third kappa shape index (κ3) is 1.37. The number of aromatic nitrogens is 1. The summed E-state index contributed by atoms with van der Waals surface area (Å²) in [5.74, 6) is -1.47. The summed E-state index contributed by atoms with van der Waals surface area (Å²) in [6.45, 7) is 0. The van der Waals surface area contributed by atoms with Gasteiger partial charge in [0.25, 0.3) is 5.91 Å². The summed E-state index contributed by atoms with van der Waals surface area (Å²) in [6, 6.07) is 0.993. The van der Waals surface area contributed by atoms with E-state index in [9.17, 15) is 4.79 Å². The number of carbonyl (C=O) groups is 1. The Morgan fingerprint density at radius 3 is 2.64 bits per heavy atom. The van der Waals surface area contributed by atoms with Gasteiger partial charge in [-0.2, -0.15) is 0 Å². The van der Waals surface area contributed by atoms with E-state index in [1.54, 1.807) is 0 Å². The van der Waals surface area contributed by atoms with Gasteiger partial charge in [-0.15, -0.1) is 0 Å². The molecule has 4 N–H and O–H groups in total. The van der Waals surface area contributed by atoms with Gasteiger partial charge in [-0.05, 0) is 0 Å². The molecule has 0 bridgehead atoms. The van der Waals surface area contributed by atoms with Crippen LogP contribution in [0.1, 0.15) is 10.5 Å². The number of carbonyl (C=O) groups excluding carboxylic acids is 1. The minimum atomic E-state index is -0.831. The van der Waals surface area contributed by atoms with Crippen LogP contribution in [0.2, 0.25) is 0 Å². The van der Waals surface area contributed by atoms with E-state index in [2.05, 4.69) is 4.98 Å². The lowest BCUT2D eigenvalue weighted by Gasteiger charge is -1.97. The lowest BCUT2D eigenvalue weighted by atomic mass is 10.3. The molecule has 1 heterocycles. The van der Waals surface area contributed by atoms with Gasteiger partial charge in [0.2, 0.25) is 0 Å². The number of pyridine rings is 1. The van der Waals surface area contributed by atoms with Crippen molar-refractivity contribution >= 4 is 5.91 Å². The van der Waals surface area contributed by atoms with Crippen molar-refractivity contribution in [3.8, 4) is 11.5 Å². The smallest absolute Gasteiger partial charge is 0.271 e. The third-order valence-corrected chi connectivity index (χ3v) is 1.09. The zero-order valence-corrected chi connectivity index (χ0v) is 5.48. The number of hydrogen-bond acceptors (Lipinski definition) is 4. The molecular weight excluding hydrogens is 148 g/mol. The van der Waals surface area contributed by atoms with Gasteiger partial charge in [0.05, 0.1) is 6.20 Å². The molecule has 58 valence electrons. The van der Waals surface area contributed by atoms with E-state index >= 15 is 0 Å². The highest BCUT2D eigenvalue weighted by Crippen LogP contribution is 2.18. The largest absolute Gasteiger partial charge is 0.506 e. The number of primary amides is 1. The van der Waals surface area contributed by atoms with Crippen LogP contribution >= 0.6 is 0 Å². The molecule has 11 heavy (non-hydrogen) atoms. The van der Waals surface area contributed by atoms with Crippen molar-refractivity contribution in [2.24, 2.45) is 5.73 Å². The second-order valence-corrected chi connectivity index (χ2v) is 1.93. The first-order valence-corrected chi connectivity index (χ1v) is 2.79. The lowest BCUT2D eigenvalue weighted by molar-refractivity contribution is 0.0992. The first kappa shape index (κ1) is 7.33. The van der Waals surface area contributed by atoms with Gasteiger partial charge < -0.3 is 15.9 Å². The molecule has 5 heteroatoms. The normalized spacial score (nSPS) is 9.45. The van der Waals surface area contributed by atoms with Crippen molar-refractivity contribution in [1.82, 2.24) is 4.98 Å². The van der Waals surface area contributed by atoms with Gasteiger partial charge in [-0.1, -0.05) is 0 Å². The molecule has 0 aliphatic heterocycles. The minimum absolute atomic E-state index is 0.215. The fraction of sp³-hybridized carbons (Fsp3) is 0. The highest BCUT2D eigenvalue weighted by molar-refractivity contribution is 5.93. The molecule has 0 radical (unpaired) electrons. The van der Waals surface area contributed by atoms with Crippen molar-refractivity contribution in [3.05, 3.63) is 18.0 Å². The summed E-state index contributed by atoms with van der Waals surface area (Å²) in [5, 5.41) is 17.7. The third-order valence-electron chi connectivity index (χ3n) is 1.09. The van der Waals surface area contributed by atoms with Crippen molar-refractivity contribution in [2.45, 2.75) is 0 Å². The monoisotopic (exact) mass is 154 g/mol. The summed E-state index contributed by atoms with van der Waals surface area (Å²) in [6.07, 6.45) is 1.03. The van der Waals surface area contributed by atoms with Crippen LogP contribution in [-0.4, -0.2) is 21.1 Å². The predicted molar refractivity (Wildman–Crippen MR) is 36.1 cm³/mol. The van der Waals surface area contributed by atoms with Gasteiger partial charge in [0, 0.05) is 6.07 Å². The van der Waals surface area contributed by atoms with E-state index < -0.39 is 11.7 Å². The Labute approximate surface area is 62.1 Å². The number of aromatic hydroxyl groups is 2. The number of amides is 1. The Hall–Kier alpha value is -1.78. The van der Waals surface area contributed by atoms with Crippen LogP contribution in [0, 0.1) is 0 Å². The predicted octanol–water partition coefficient (Wildman–Crippen LogP) is -0.408. The number of nitrogens with zero attached hydrogens (tertiary/aromatic N) is 1. The first-order valence-electron chi connectivity index (χ1n) is 2.79. The Morgan fingerprint density at radius 2 is 2.18 bits per heavy atom. The Kier molecular flexibility index (Phi) is 1.63. The number of nitrogens with two attached hydrogens (primary N) is 1. The van der Waals surface area contributed by atoms with Crippen molar-refractivity contribution in [1.29, 1.82) is 0 Å². The SMILES string of the molecule is NC(=O)c1ncc(O)cc1O. The average Bonchev–Trinajstić information content (AvgIpc) is 1.85. The van der Waals surface area contributed by atoms with Gasteiger partial charge >= 0.3 is 0 Å². The van der Waals surface area contributed by atoms with Gasteiger partial charge in [0.15, 0.2) is 11.4 Å². The molecule has 1 aromatic rings. The topological polar surface area (TPSA) is 96.4 Å². The molecule has 0 saturated heterocycles. The molecule has 0 spiro atoms. The van der Waals surface area contributed by atoms with E-state index in [0.29, 0.717) is 0 Å². The first-order chi connectivity index (χ1) is 5.11. The maximum Gasteiger partial charge on any atom is 0.271 e. The van der Waals surface area contributed by atoms with Crippen LogP contribution in [0.25, 0.3) is 0 Å². The van der Waals surface area contributed by atoms with Crippen LogP contribution in [-0.2, 0) is 0 Å². The van der Waals surface area contributed by atoms with E-state index in [-0.39, 0.29) is 11.4 Å². The molecule has 1 rings (SSSR count). The average molecular weight is 154 g/mol. The highest BCUT2D eigenvalue weighted by atomic mass is 16.3. The van der Waals surface area contributed by atoms with E-state index in [1.807, 2.05) is 0 Å². The number of hydrogen-bond donors (Lipinski definition) is 3. The van der Waals surface area contributed by atoms with Crippen molar-refractivity contribution in [3.63, 3.8) is 0 Å². The maximum absolute atomic E-state index is 10.5. The lowest BCUT2D eigenvalue weighted by Crippen LogP contribution is -2.12. The summed E-state index contributed by atoms with van der Waals surface area (Å²) in [4.78, 5) is 13.9. The zero-order valence-electron chi connectivity index (χ0n) is 5.48. The van der Waals surface area contributed by atoms with Crippen LogP contribution < -0.4 is 5.73 Å². The fourth-order valence-electron chi connectivity index (χ4n) is 0.632. The van der Waals surface area contributed by atoms with Gasteiger partial charge in [-0.3, -0.25) is 4.79 Å². The van der Waals surface area contributed by atoms with Crippen molar-refractivity contribution in [2.75, 3.05) is 0 Å². The molecular formula is C6H6N2O3. The Bertz CT molecular complexity index is 298. The molecule has 0 saturated carbocycles. The molecule has 0 aliphatic rings. The van der Waals surface area contributed by atoms with Crippen molar-refractivity contribution < 1.29 is 15.0 Å². The molecule has 5 nitrogen and oxygen atoms in total. The summed E-state index contributed by atoms with van der Waals surface area (Å²) in [7, 11) is 0. The number of rotatable bonds is 1. The molecule has 0 aliphatic carbocycles. The standard InChI is InChI=1S/C6H6N2O3/c7-6(11)5-4(10)1-3(9)2-8-5/h1-2,9-10H,(H2,7,11). The second kappa shape index (κ2) is 2.45. The van der Waals surface area contributed by atoms with E-state index in [1.165, 1.54) is 0 Å². The molecule has 0 aromatic carbocycles. The Balaban J connectivity index is 3.20. The van der Waals surface area contributed by atoms with Gasteiger partial charge in [-0.25, -0.2) is 4.98 Å². The van der Waals surface area contributed by atoms with E-state index in [0.717, 1.165) is 12.3 Å². The molecule has 0 unspecified atom stereocenters.